The molecule has 0 rings (SSSR count). The smallest absolute Gasteiger partial charge is 0.204 e. The van der Waals surface area contributed by atoms with Gasteiger partial charge in [-0.05, 0) is 65.5 Å². The zero-order valence-electron chi connectivity index (χ0n) is 18.1. The number of aldehydes is 1. The van der Waals surface area contributed by atoms with Gasteiger partial charge in [0.1, 0.15) is 6.29 Å². The second-order valence-corrected chi connectivity index (χ2v) is 5.69. The van der Waals surface area contributed by atoms with Crippen molar-refractivity contribution in [3.8, 4) is 0 Å². The van der Waals surface area contributed by atoms with Gasteiger partial charge in [-0.25, -0.2) is 0 Å². The van der Waals surface area contributed by atoms with Crippen LogP contribution in [0, 0.1) is 0 Å². The van der Waals surface area contributed by atoms with Crippen molar-refractivity contribution in [3.63, 3.8) is 0 Å². The highest BCUT2D eigenvalue weighted by molar-refractivity contribution is 7.80. The fourth-order valence-electron chi connectivity index (χ4n) is 1.52. The van der Waals surface area contributed by atoms with Crippen LogP contribution >= 0.6 is 12.6 Å². The Kier molecular flexibility index (Phi) is 68.9. The molecule has 5 nitrogen and oxygen atoms in total. The lowest BCUT2D eigenvalue weighted by Crippen LogP contribution is -2.16. The molecule has 6 heteroatoms. The first-order valence-electron chi connectivity index (χ1n) is 9.63. The van der Waals surface area contributed by atoms with E-state index in [9.17, 15) is 0 Å². The molecule has 0 spiro atoms. The van der Waals surface area contributed by atoms with E-state index in [1.165, 1.54) is 51.9 Å². The molecule has 0 fully saturated rings. The van der Waals surface area contributed by atoms with Crippen LogP contribution in [-0.2, 0) is 9.59 Å². The molecule has 0 saturated carbocycles. The molecule has 0 aromatic heterocycles. The number of nitrogens with zero attached hydrogens (tertiary/aromatic N) is 1. The zero-order valence-corrected chi connectivity index (χ0v) is 19.0. The van der Waals surface area contributed by atoms with Crippen LogP contribution in [0.1, 0.15) is 72.1 Å². The van der Waals surface area contributed by atoms with Crippen molar-refractivity contribution in [2.75, 3.05) is 32.9 Å². The lowest BCUT2D eigenvalue weighted by Gasteiger charge is -2.05. The van der Waals surface area contributed by atoms with E-state index >= 15 is 0 Å². The van der Waals surface area contributed by atoms with Crippen LogP contribution in [-0.4, -0.2) is 50.5 Å². The van der Waals surface area contributed by atoms with Crippen molar-refractivity contribution in [3.05, 3.63) is 12.7 Å². The van der Waals surface area contributed by atoms with Gasteiger partial charge in [-0.15, -0.1) is 6.58 Å². The summed E-state index contributed by atoms with van der Waals surface area (Å²) in [5, 5.41) is 0. The highest BCUT2D eigenvalue weighted by Crippen LogP contribution is 2.07. The van der Waals surface area contributed by atoms with Gasteiger partial charge >= 0.3 is 0 Å². The Morgan fingerprint density at radius 2 is 1.35 bits per heavy atom. The molecular weight excluding hydrogens is 346 g/mol. The molecule has 0 heterocycles. The highest BCUT2D eigenvalue weighted by atomic mass is 32.1. The Labute approximate surface area is 169 Å². The van der Waals surface area contributed by atoms with Gasteiger partial charge in [0.05, 0.1) is 0 Å². The highest BCUT2D eigenvalue weighted by Gasteiger charge is 1.88. The summed E-state index contributed by atoms with van der Waals surface area (Å²) in [6.45, 7) is 11.1. The van der Waals surface area contributed by atoms with E-state index in [0.29, 0.717) is 0 Å². The molecule has 0 bridgehead atoms. The van der Waals surface area contributed by atoms with Crippen molar-refractivity contribution in [1.82, 2.24) is 4.90 Å². The van der Waals surface area contributed by atoms with Crippen molar-refractivity contribution in [1.29, 1.82) is 0 Å². The molecule has 1 amide bonds. The Morgan fingerprint density at radius 1 is 0.962 bits per heavy atom. The third-order valence-electron chi connectivity index (χ3n) is 2.63. The van der Waals surface area contributed by atoms with Gasteiger partial charge in [0, 0.05) is 0 Å². The normalized spacial score (nSPS) is 8.15. The van der Waals surface area contributed by atoms with Gasteiger partial charge in [-0.2, -0.15) is 12.6 Å². The Bertz CT molecular complexity index is 223. The predicted molar refractivity (Wildman–Crippen MR) is 122 cm³/mol. The van der Waals surface area contributed by atoms with Crippen molar-refractivity contribution < 1.29 is 9.59 Å². The molecule has 0 aromatic rings. The largest absolute Gasteiger partial charge is 0.372 e. The van der Waals surface area contributed by atoms with E-state index in [2.05, 4.69) is 43.9 Å². The summed E-state index contributed by atoms with van der Waals surface area (Å²) in [5.74, 6) is 1.05. The number of rotatable bonds is 11. The van der Waals surface area contributed by atoms with E-state index < -0.39 is 0 Å². The fourth-order valence-corrected chi connectivity index (χ4v) is 1.74. The van der Waals surface area contributed by atoms with E-state index in [0.717, 1.165) is 31.5 Å². The minimum atomic E-state index is 0.250. The van der Waals surface area contributed by atoms with Crippen LogP contribution in [0.3, 0.4) is 0 Å². The zero-order chi connectivity index (χ0) is 21.5. The number of carbonyl (C=O) groups excluding carboxylic acids is 2. The molecule has 0 aliphatic carbocycles. The number of carbonyl (C=O) groups is 2. The first-order valence-corrected chi connectivity index (χ1v) is 10.3. The summed E-state index contributed by atoms with van der Waals surface area (Å²) in [6.07, 6.45) is 13.4. The van der Waals surface area contributed by atoms with Crippen LogP contribution < -0.4 is 11.5 Å². The molecule has 0 aromatic carbocycles. The molecule has 0 saturated heterocycles. The molecule has 0 radical (unpaired) electrons. The maximum absolute atomic E-state index is 8.81. The van der Waals surface area contributed by atoms with Gasteiger partial charge in [0.2, 0.25) is 6.41 Å². The monoisotopic (exact) mass is 393 g/mol. The molecule has 0 aliphatic heterocycles. The Balaban J connectivity index is -0.0000000839. The van der Waals surface area contributed by atoms with Crippen LogP contribution in [0.25, 0.3) is 0 Å². The Morgan fingerprint density at radius 3 is 1.62 bits per heavy atom. The first kappa shape index (κ1) is 36.1. The van der Waals surface area contributed by atoms with Crippen molar-refractivity contribution >= 4 is 25.3 Å². The van der Waals surface area contributed by atoms with Crippen LogP contribution in [0.4, 0.5) is 0 Å². The summed E-state index contributed by atoms with van der Waals surface area (Å²) in [4.78, 5) is 19.5. The molecule has 26 heavy (non-hydrogen) atoms. The first-order chi connectivity index (χ1) is 12.5. The summed E-state index contributed by atoms with van der Waals surface area (Å²) >= 11 is 4.17. The fraction of sp³-hybridized carbons (Fsp3) is 0.800. The van der Waals surface area contributed by atoms with E-state index in [1.807, 2.05) is 19.9 Å². The van der Waals surface area contributed by atoms with Gasteiger partial charge < -0.3 is 21.2 Å². The number of amides is 1. The molecule has 160 valence electrons. The Hall–Kier alpha value is -0.850. The van der Waals surface area contributed by atoms with E-state index in [4.69, 9.17) is 15.3 Å². The van der Waals surface area contributed by atoms with Gasteiger partial charge in [-0.3, -0.25) is 4.79 Å². The molecule has 4 N–H and O–H groups in total. The summed E-state index contributed by atoms with van der Waals surface area (Å²) in [7, 11) is 4.10. The third-order valence-corrected chi connectivity index (χ3v) is 2.94. The second-order valence-electron chi connectivity index (χ2n) is 5.24. The average molecular weight is 394 g/mol. The summed E-state index contributed by atoms with van der Waals surface area (Å²) in [5.41, 5.74) is 9.42. The number of allylic oxidation sites excluding steroid dienone is 1. The second kappa shape index (κ2) is 49.6. The SMILES string of the molecule is C=CCCCCCCCCS.CC.CC=O.CN(C)CCCN.NC=O. The van der Waals surface area contributed by atoms with E-state index in [1.54, 1.807) is 0 Å². The number of hydrogen-bond donors (Lipinski definition) is 3. The number of nitrogens with two attached hydrogens (primary N) is 2. The standard InChI is InChI=1S/C10H20S.C5H14N2.C2H4O.C2H6.CH3NO/c1-2-3-4-5-6-7-8-9-10-11;1-7(2)5-3-4-6;1-2-3;1-2;2-1-3/h2,11H,1,3-10H2;3-6H2,1-2H3;2H,1H3;1-2H3;1H,(H2,2,3). The third kappa shape index (κ3) is 91.4. The quantitative estimate of drug-likeness (QED) is 0.214. The average Bonchev–Trinajstić information content (AvgIpc) is 2.63. The number of primary amides is 1. The van der Waals surface area contributed by atoms with Crippen molar-refractivity contribution in [2.45, 2.75) is 72.1 Å². The number of hydrogen-bond acceptors (Lipinski definition) is 5. The topological polar surface area (TPSA) is 89.4 Å². The number of unbranched alkanes of at least 4 members (excludes halogenated alkanes) is 6. The summed E-state index contributed by atoms with van der Waals surface area (Å²) < 4.78 is 0. The minimum Gasteiger partial charge on any atom is -0.372 e. The van der Waals surface area contributed by atoms with Gasteiger partial charge in [0.25, 0.3) is 0 Å². The van der Waals surface area contributed by atoms with Crippen molar-refractivity contribution in [2.24, 2.45) is 11.5 Å². The maximum Gasteiger partial charge on any atom is 0.204 e. The lowest BCUT2D eigenvalue weighted by atomic mass is 10.1. The molecule has 0 unspecified atom stereocenters. The van der Waals surface area contributed by atoms with Crippen LogP contribution in [0.2, 0.25) is 0 Å². The van der Waals surface area contributed by atoms with Gasteiger partial charge in [0.15, 0.2) is 0 Å². The lowest BCUT2D eigenvalue weighted by molar-refractivity contribution is -0.107. The summed E-state index contributed by atoms with van der Waals surface area (Å²) in [6, 6.07) is 0. The van der Waals surface area contributed by atoms with Crippen LogP contribution in [0.5, 0.6) is 0 Å². The molecular formula is C20H47N3O2S. The minimum absolute atomic E-state index is 0.250. The van der Waals surface area contributed by atoms with Gasteiger partial charge in [-0.1, -0.05) is 45.6 Å². The van der Waals surface area contributed by atoms with Crippen LogP contribution in [0.15, 0.2) is 12.7 Å². The molecule has 0 atom stereocenters. The maximum atomic E-state index is 8.81. The molecule has 0 aliphatic rings. The predicted octanol–water partition coefficient (Wildman–Crippen LogP) is 4.06. The number of thiol groups is 1. The van der Waals surface area contributed by atoms with E-state index in [-0.39, 0.29) is 6.41 Å².